The Hall–Kier alpha value is -2.31. The van der Waals surface area contributed by atoms with Crippen molar-refractivity contribution >= 4 is 11.8 Å². The number of rotatable bonds is 6. The van der Waals surface area contributed by atoms with Crippen molar-refractivity contribution in [3.63, 3.8) is 0 Å². The molecule has 2 aromatic carbocycles. The Morgan fingerprint density at radius 2 is 1.79 bits per heavy atom. The van der Waals surface area contributed by atoms with Crippen LogP contribution in [0.5, 0.6) is 5.75 Å². The quantitative estimate of drug-likeness (QED) is 0.697. The predicted molar refractivity (Wildman–Crippen MR) is 95.1 cm³/mol. The molecule has 1 heterocycles. The molecular formula is C18H19N3O2S. The highest BCUT2D eigenvalue weighted by molar-refractivity contribution is 7.99. The third-order valence-electron chi connectivity index (χ3n) is 3.74. The van der Waals surface area contributed by atoms with Crippen LogP contribution in [0.2, 0.25) is 0 Å². The summed E-state index contributed by atoms with van der Waals surface area (Å²) in [6.45, 7) is 0. The van der Waals surface area contributed by atoms with Crippen LogP contribution in [0, 0.1) is 0 Å². The number of hydrogen-bond acceptors (Lipinski definition) is 5. The minimum atomic E-state index is -0.539. The molecule has 1 unspecified atom stereocenters. The van der Waals surface area contributed by atoms with Crippen molar-refractivity contribution in [2.75, 3.05) is 12.9 Å². The average Bonchev–Trinajstić information content (AvgIpc) is 3.00. The zero-order valence-electron chi connectivity index (χ0n) is 13.6. The number of methoxy groups -OCH3 is 1. The fourth-order valence-corrected chi connectivity index (χ4v) is 3.31. The molecule has 0 spiro atoms. The smallest absolute Gasteiger partial charge is 0.191 e. The lowest BCUT2D eigenvalue weighted by Gasteiger charge is -2.11. The zero-order valence-corrected chi connectivity index (χ0v) is 14.4. The highest BCUT2D eigenvalue weighted by Crippen LogP contribution is 2.31. The summed E-state index contributed by atoms with van der Waals surface area (Å²) in [6.07, 6.45) is -0.539. The molecule has 0 amide bonds. The molecule has 0 bridgehead atoms. The number of thioether (sulfide) groups is 1. The predicted octanol–water partition coefficient (Wildman–Crippen LogP) is 3.32. The van der Waals surface area contributed by atoms with E-state index in [4.69, 9.17) is 4.74 Å². The molecule has 0 aliphatic carbocycles. The molecule has 1 atom stereocenters. The molecular weight excluding hydrogens is 322 g/mol. The van der Waals surface area contributed by atoms with E-state index in [1.165, 1.54) is 11.8 Å². The van der Waals surface area contributed by atoms with E-state index in [1.54, 1.807) is 7.11 Å². The van der Waals surface area contributed by atoms with E-state index in [9.17, 15) is 5.11 Å². The summed E-state index contributed by atoms with van der Waals surface area (Å²) in [5.74, 6) is 2.01. The Kier molecular flexibility index (Phi) is 5.17. The summed E-state index contributed by atoms with van der Waals surface area (Å²) < 4.78 is 7.31. The van der Waals surface area contributed by atoms with Gasteiger partial charge in [0.25, 0.3) is 0 Å². The van der Waals surface area contributed by atoms with Crippen molar-refractivity contribution in [1.29, 1.82) is 0 Å². The number of aliphatic hydroxyl groups is 1. The number of hydrogen-bond donors (Lipinski definition) is 1. The number of benzene rings is 2. The second kappa shape index (κ2) is 7.51. The van der Waals surface area contributed by atoms with Crippen LogP contribution in [0.3, 0.4) is 0 Å². The van der Waals surface area contributed by atoms with Gasteiger partial charge in [0.2, 0.25) is 0 Å². The van der Waals surface area contributed by atoms with Crippen molar-refractivity contribution in [2.45, 2.75) is 11.3 Å². The topological polar surface area (TPSA) is 60.2 Å². The molecule has 5 nitrogen and oxygen atoms in total. The van der Waals surface area contributed by atoms with Crippen molar-refractivity contribution < 1.29 is 9.84 Å². The first-order chi connectivity index (χ1) is 11.7. The first kappa shape index (κ1) is 16.5. The number of aliphatic hydroxyl groups excluding tert-OH is 1. The van der Waals surface area contributed by atoms with Crippen LogP contribution in [-0.4, -0.2) is 32.7 Å². The summed E-state index contributed by atoms with van der Waals surface area (Å²) in [6, 6.07) is 17.3. The van der Waals surface area contributed by atoms with E-state index >= 15 is 0 Å². The lowest BCUT2D eigenvalue weighted by molar-refractivity contribution is 0.204. The molecule has 1 N–H and O–H groups in total. The van der Waals surface area contributed by atoms with Crippen molar-refractivity contribution in [3.8, 4) is 17.1 Å². The average molecular weight is 341 g/mol. The maximum Gasteiger partial charge on any atom is 0.191 e. The van der Waals surface area contributed by atoms with E-state index < -0.39 is 6.10 Å². The molecule has 24 heavy (non-hydrogen) atoms. The standard InChI is InChI=1S/C18H19N3O2S/c1-21-17(14-10-6-7-11-16(14)23-2)19-20-18(21)24-12-15(22)13-8-4-3-5-9-13/h3-11,15,22H,12H2,1-2H3. The van der Waals surface area contributed by atoms with Crippen LogP contribution in [0.4, 0.5) is 0 Å². The van der Waals surface area contributed by atoms with Crippen LogP contribution >= 0.6 is 11.8 Å². The van der Waals surface area contributed by atoms with Gasteiger partial charge in [-0.05, 0) is 17.7 Å². The van der Waals surface area contributed by atoms with Crippen molar-refractivity contribution in [1.82, 2.24) is 14.8 Å². The van der Waals surface area contributed by atoms with Gasteiger partial charge in [0.15, 0.2) is 11.0 Å². The molecule has 6 heteroatoms. The van der Waals surface area contributed by atoms with Gasteiger partial charge in [-0.1, -0.05) is 54.2 Å². The minimum absolute atomic E-state index is 0.516. The number of nitrogens with zero attached hydrogens (tertiary/aromatic N) is 3. The van der Waals surface area contributed by atoms with Gasteiger partial charge in [-0.25, -0.2) is 0 Å². The van der Waals surface area contributed by atoms with E-state index in [0.29, 0.717) is 5.75 Å². The number of ether oxygens (including phenoxy) is 1. The molecule has 0 aliphatic rings. The normalized spacial score (nSPS) is 12.1. The second-order valence-electron chi connectivity index (χ2n) is 5.30. The summed E-state index contributed by atoms with van der Waals surface area (Å²) in [7, 11) is 3.56. The highest BCUT2D eigenvalue weighted by atomic mass is 32.2. The Morgan fingerprint density at radius 3 is 2.54 bits per heavy atom. The van der Waals surface area contributed by atoms with Gasteiger partial charge >= 0.3 is 0 Å². The Balaban J connectivity index is 1.76. The maximum atomic E-state index is 10.3. The number of para-hydroxylation sites is 1. The van der Waals surface area contributed by atoms with Crippen LogP contribution in [0.25, 0.3) is 11.4 Å². The molecule has 0 radical (unpaired) electrons. The fraction of sp³-hybridized carbons (Fsp3) is 0.222. The summed E-state index contributed by atoms with van der Waals surface area (Å²) >= 11 is 1.48. The van der Waals surface area contributed by atoms with Crippen LogP contribution < -0.4 is 4.74 Å². The third-order valence-corrected chi connectivity index (χ3v) is 4.83. The second-order valence-corrected chi connectivity index (χ2v) is 6.29. The fourth-order valence-electron chi connectivity index (χ4n) is 2.43. The van der Waals surface area contributed by atoms with Gasteiger partial charge in [-0.15, -0.1) is 10.2 Å². The SMILES string of the molecule is COc1ccccc1-c1nnc(SCC(O)c2ccccc2)n1C. The first-order valence-corrected chi connectivity index (χ1v) is 8.58. The molecule has 1 aromatic heterocycles. The molecule has 0 aliphatic heterocycles. The third kappa shape index (κ3) is 3.44. The Labute approximate surface area is 145 Å². The molecule has 3 aromatic rings. The Morgan fingerprint density at radius 1 is 1.08 bits per heavy atom. The van der Waals surface area contributed by atoms with Gasteiger partial charge in [-0.3, -0.25) is 0 Å². The lowest BCUT2D eigenvalue weighted by atomic mass is 10.1. The molecule has 3 rings (SSSR count). The van der Waals surface area contributed by atoms with Crippen LogP contribution in [0.1, 0.15) is 11.7 Å². The summed E-state index contributed by atoms with van der Waals surface area (Å²) in [5.41, 5.74) is 1.79. The minimum Gasteiger partial charge on any atom is -0.496 e. The van der Waals surface area contributed by atoms with Gasteiger partial charge in [0.05, 0.1) is 18.8 Å². The van der Waals surface area contributed by atoms with Crippen LogP contribution in [-0.2, 0) is 7.05 Å². The van der Waals surface area contributed by atoms with E-state index in [0.717, 1.165) is 27.9 Å². The van der Waals surface area contributed by atoms with Crippen molar-refractivity contribution in [3.05, 3.63) is 60.2 Å². The largest absolute Gasteiger partial charge is 0.496 e. The number of aromatic nitrogens is 3. The van der Waals surface area contributed by atoms with Gasteiger partial charge in [0, 0.05) is 12.8 Å². The first-order valence-electron chi connectivity index (χ1n) is 7.59. The van der Waals surface area contributed by atoms with E-state index in [-0.39, 0.29) is 0 Å². The van der Waals surface area contributed by atoms with Crippen LogP contribution in [0.15, 0.2) is 59.8 Å². The summed E-state index contributed by atoms with van der Waals surface area (Å²) in [4.78, 5) is 0. The Bertz CT molecular complexity index is 805. The lowest BCUT2D eigenvalue weighted by Crippen LogP contribution is -2.02. The van der Waals surface area contributed by atoms with Gasteiger partial charge in [0.1, 0.15) is 5.75 Å². The molecule has 0 fully saturated rings. The molecule has 124 valence electrons. The molecule has 0 saturated heterocycles. The molecule has 0 saturated carbocycles. The van der Waals surface area contributed by atoms with E-state index in [2.05, 4.69) is 10.2 Å². The van der Waals surface area contributed by atoms with Gasteiger partial charge < -0.3 is 14.4 Å². The van der Waals surface area contributed by atoms with E-state index in [1.807, 2.05) is 66.2 Å². The summed E-state index contributed by atoms with van der Waals surface area (Å²) in [5, 5.41) is 19.6. The van der Waals surface area contributed by atoms with Gasteiger partial charge in [-0.2, -0.15) is 0 Å². The monoisotopic (exact) mass is 341 g/mol. The highest BCUT2D eigenvalue weighted by Gasteiger charge is 2.16. The maximum absolute atomic E-state index is 10.3. The zero-order chi connectivity index (χ0) is 16.9. The van der Waals surface area contributed by atoms with Crippen molar-refractivity contribution in [2.24, 2.45) is 7.05 Å².